The van der Waals surface area contributed by atoms with Gasteiger partial charge in [0.2, 0.25) is 0 Å². The van der Waals surface area contributed by atoms with E-state index in [1.54, 1.807) is 44.6 Å². The first-order valence-electron chi connectivity index (χ1n) is 22.6. The van der Waals surface area contributed by atoms with Gasteiger partial charge in [-0.2, -0.15) is 0 Å². The molecule has 0 saturated heterocycles. The summed E-state index contributed by atoms with van der Waals surface area (Å²) in [6.07, 6.45) is 29.7. The first-order chi connectivity index (χ1) is 25.6. The Morgan fingerprint density at radius 1 is 0.269 bits per heavy atom. The van der Waals surface area contributed by atoms with Gasteiger partial charge in [0.15, 0.2) is 0 Å². The molecule has 0 aliphatic carbocycles. The third-order valence-corrected chi connectivity index (χ3v) is 11.0. The van der Waals surface area contributed by atoms with Crippen LogP contribution >= 0.6 is 0 Å². The number of unbranched alkanes of at least 4 members (excludes halogenated alkanes) is 8. The summed E-state index contributed by atoms with van der Waals surface area (Å²) in [6.45, 7) is 19.1. The highest BCUT2D eigenvalue weighted by atomic mass is 14.3. The minimum absolute atomic E-state index is 1.18. The second kappa shape index (κ2) is 28.8. The third-order valence-electron chi connectivity index (χ3n) is 11.0. The van der Waals surface area contributed by atoms with Gasteiger partial charge in [-0.1, -0.05) is 167 Å². The summed E-state index contributed by atoms with van der Waals surface area (Å²) in [5.74, 6) is 0. The molecule has 0 nitrogen and oxygen atoms in total. The van der Waals surface area contributed by atoms with Crippen LogP contribution in [0.15, 0.2) is 94.1 Å². The Morgan fingerprint density at radius 2 is 0.481 bits per heavy atom. The lowest BCUT2D eigenvalue weighted by molar-refractivity contribution is 0.697. The Kier molecular flexibility index (Phi) is 25.3. The highest BCUT2D eigenvalue weighted by Gasteiger charge is 2.24. The normalized spacial score (nSPS) is 13.8. The van der Waals surface area contributed by atoms with Crippen molar-refractivity contribution in [1.29, 1.82) is 0 Å². The lowest BCUT2D eigenvalue weighted by atomic mass is 9.76. The first-order valence-corrected chi connectivity index (χ1v) is 22.6. The fourth-order valence-corrected chi connectivity index (χ4v) is 7.95. The summed E-state index contributed by atoms with van der Waals surface area (Å²) in [5, 5.41) is 0. The molecule has 0 atom stereocenters. The van der Waals surface area contributed by atoms with Gasteiger partial charge in [0.25, 0.3) is 0 Å². The van der Waals surface area contributed by atoms with Gasteiger partial charge < -0.3 is 0 Å². The molecular weight excluding hydrogens is 625 g/mol. The summed E-state index contributed by atoms with van der Waals surface area (Å²) in [7, 11) is 0. The van der Waals surface area contributed by atoms with Crippen LogP contribution in [0.4, 0.5) is 0 Å². The lowest BCUT2D eigenvalue weighted by Crippen LogP contribution is -2.09. The second-order valence-corrected chi connectivity index (χ2v) is 15.4. The van der Waals surface area contributed by atoms with Gasteiger partial charge in [0.1, 0.15) is 0 Å². The number of hydrogen-bond acceptors (Lipinski definition) is 0. The Morgan fingerprint density at radius 3 is 0.731 bits per heavy atom. The monoisotopic (exact) mass is 707 g/mol. The maximum Gasteiger partial charge on any atom is -0.0222 e. The molecule has 290 valence electrons. The molecule has 2 aromatic rings. The zero-order chi connectivity index (χ0) is 37.8. The summed E-state index contributed by atoms with van der Waals surface area (Å²) >= 11 is 0. The molecule has 0 heterocycles. The van der Waals surface area contributed by atoms with Crippen LogP contribution in [0.2, 0.25) is 0 Å². The van der Waals surface area contributed by atoms with Crippen LogP contribution in [0, 0.1) is 0 Å². The van der Waals surface area contributed by atoms with Crippen molar-refractivity contribution in [2.75, 3.05) is 0 Å². The van der Waals surface area contributed by atoms with Crippen molar-refractivity contribution in [2.45, 2.75) is 209 Å². The molecule has 0 saturated carbocycles. The topological polar surface area (TPSA) is 0 Å². The molecule has 0 fully saturated rings. The Balaban J connectivity index is 3.34. The van der Waals surface area contributed by atoms with Crippen LogP contribution in [0.5, 0.6) is 0 Å². The maximum atomic E-state index is 2.41. The predicted octanol–water partition coefficient (Wildman–Crippen LogP) is 18.0. The highest BCUT2D eigenvalue weighted by Crippen LogP contribution is 2.44. The minimum atomic E-state index is 1.18. The van der Waals surface area contributed by atoms with Gasteiger partial charge in [-0.3, -0.25) is 0 Å². The van der Waals surface area contributed by atoms with Crippen LogP contribution in [-0.2, 0) is 0 Å². The number of hydrogen-bond donors (Lipinski definition) is 0. The zero-order valence-corrected chi connectivity index (χ0v) is 35.7. The first kappa shape index (κ1) is 45.6. The molecule has 0 unspecified atom stereocenters. The summed E-state index contributed by atoms with van der Waals surface area (Å²) in [6, 6.07) is 23.1. The maximum absolute atomic E-state index is 2.41. The zero-order valence-electron chi connectivity index (χ0n) is 35.7. The second-order valence-electron chi connectivity index (χ2n) is 15.4. The minimum Gasteiger partial charge on any atom is -0.0654 e. The van der Waals surface area contributed by atoms with Crippen LogP contribution in [0.1, 0.15) is 221 Å². The molecule has 0 heteroatoms. The van der Waals surface area contributed by atoms with Crippen LogP contribution < -0.4 is 0 Å². The van der Waals surface area contributed by atoms with E-state index in [1.807, 2.05) is 0 Å². The number of allylic oxidation sites excluding steroid dienone is 8. The fourth-order valence-electron chi connectivity index (χ4n) is 7.95. The van der Waals surface area contributed by atoms with E-state index in [-0.39, 0.29) is 0 Å². The molecule has 0 spiro atoms. The molecule has 52 heavy (non-hydrogen) atoms. The third kappa shape index (κ3) is 15.4. The molecule has 2 aromatic carbocycles. The lowest BCUT2D eigenvalue weighted by Gasteiger charge is -2.29. The van der Waals surface area contributed by atoms with Crippen molar-refractivity contribution in [3.63, 3.8) is 0 Å². The molecule has 0 amide bonds. The summed E-state index contributed by atoms with van der Waals surface area (Å²) in [4.78, 5) is 0. The molecular formula is C52H82. The molecule has 0 aliphatic rings. The average Bonchev–Trinajstić information content (AvgIpc) is 3.18. The average molecular weight is 707 g/mol. The van der Waals surface area contributed by atoms with Crippen LogP contribution in [0.3, 0.4) is 0 Å². The quantitative estimate of drug-likeness (QED) is 0.0739. The fraction of sp³-hybridized carbons (Fsp3) is 0.615. The number of benzene rings is 2. The van der Waals surface area contributed by atoms with E-state index >= 15 is 0 Å². The van der Waals surface area contributed by atoms with E-state index in [2.05, 4.69) is 116 Å². The van der Waals surface area contributed by atoms with Gasteiger partial charge >= 0.3 is 0 Å². The van der Waals surface area contributed by atoms with Gasteiger partial charge in [-0.25, -0.2) is 0 Å². The van der Waals surface area contributed by atoms with E-state index in [0.29, 0.717) is 0 Å². The van der Waals surface area contributed by atoms with E-state index in [9.17, 15) is 0 Å². The van der Waals surface area contributed by atoms with Crippen molar-refractivity contribution >= 4 is 11.1 Å². The van der Waals surface area contributed by atoms with E-state index in [4.69, 9.17) is 0 Å². The van der Waals surface area contributed by atoms with Crippen LogP contribution in [-0.4, -0.2) is 0 Å². The molecule has 0 bridgehead atoms. The standard InChI is InChI=1S/C52H82/c1-9-17-35-45(43-31-27-25-28-32-43)47(37-19-11-3)49(39-21-13-5)51(41-23-15-7)52(42-24-16-8)50(40-22-14-6)48(38-20-12-4)46(36-18-10-2)44-33-29-26-30-34-44/h25-34H,9-24,35-42H2,1-8H3/b47-45-,48-46-,51-49-,52-50-. The molecule has 0 radical (unpaired) electrons. The van der Waals surface area contributed by atoms with Crippen LogP contribution in [0.25, 0.3) is 11.1 Å². The highest BCUT2D eigenvalue weighted by molar-refractivity contribution is 5.76. The van der Waals surface area contributed by atoms with E-state index < -0.39 is 0 Å². The van der Waals surface area contributed by atoms with Gasteiger partial charge in [-0.15, -0.1) is 0 Å². The van der Waals surface area contributed by atoms with Crippen molar-refractivity contribution in [3.05, 3.63) is 105 Å². The van der Waals surface area contributed by atoms with E-state index in [0.717, 1.165) is 0 Å². The van der Waals surface area contributed by atoms with Crippen molar-refractivity contribution < 1.29 is 0 Å². The predicted molar refractivity (Wildman–Crippen MR) is 237 cm³/mol. The van der Waals surface area contributed by atoms with Crippen molar-refractivity contribution in [1.82, 2.24) is 0 Å². The van der Waals surface area contributed by atoms with Gasteiger partial charge in [0, 0.05) is 0 Å². The molecule has 2 rings (SSSR count). The molecule has 0 aromatic heterocycles. The smallest absolute Gasteiger partial charge is 0.0222 e. The van der Waals surface area contributed by atoms with E-state index in [1.165, 1.54) is 165 Å². The molecule has 0 aliphatic heterocycles. The summed E-state index contributed by atoms with van der Waals surface area (Å²) < 4.78 is 0. The van der Waals surface area contributed by atoms with Crippen molar-refractivity contribution in [3.8, 4) is 0 Å². The Labute approximate surface area is 324 Å². The largest absolute Gasteiger partial charge is 0.0654 e. The SMILES string of the molecule is CCCCC(/C(CCCC)=C(CCCC)\C(CCCC)=C(\CCCC)c1ccccc1)=C(CCCC)/C(CCCC)=C(/CCCC)c1ccccc1. The molecule has 0 N–H and O–H groups in total. The Bertz CT molecular complexity index is 1220. The Hall–Kier alpha value is -2.60. The van der Waals surface area contributed by atoms with Gasteiger partial charge in [-0.05, 0) is 158 Å². The number of rotatable bonds is 29. The summed E-state index contributed by atoms with van der Waals surface area (Å²) in [5.41, 5.74) is 16.7. The van der Waals surface area contributed by atoms with Gasteiger partial charge in [0.05, 0.1) is 0 Å². The van der Waals surface area contributed by atoms with Crippen molar-refractivity contribution in [2.24, 2.45) is 0 Å².